The van der Waals surface area contributed by atoms with E-state index in [1.165, 1.54) is 0 Å². The summed E-state index contributed by atoms with van der Waals surface area (Å²) in [5.74, 6) is 0.834. The summed E-state index contributed by atoms with van der Waals surface area (Å²) in [7, 11) is -3.40. The molecule has 0 spiro atoms. The molecular weight excluding hydrogens is 262 g/mol. The first-order chi connectivity index (χ1) is 8.72. The summed E-state index contributed by atoms with van der Waals surface area (Å²) in [6.07, 6.45) is 2.62. The molecule has 6 heteroatoms. The van der Waals surface area contributed by atoms with Crippen molar-refractivity contribution in [2.45, 2.75) is 52.5 Å². The van der Waals surface area contributed by atoms with Crippen molar-refractivity contribution in [3.05, 3.63) is 0 Å². The number of nitrogens with one attached hydrogen (secondary N) is 1. The van der Waals surface area contributed by atoms with Gasteiger partial charge in [-0.05, 0) is 31.1 Å². The lowest BCUT2D eigenvalue weighted by molar-refractivity contribution is 0.219. The van der Waals surface area contributed by atoms with Gasteiger partial charge in [-0.3, -0.25) is 0 Å². The molecule has 0 aromatic heterocycles. The Kier molecular flexibility index (Phi) is 5.79. The highest BCUT2D eigenvalue weighted by atomic mass is 32.2. The Morgan fingerprint density at radius 1 is 1.21 bits per heavy atom. The van der Waals surface area contributed by atoms with E-state index < -0.39 is 15.7 Å². The van der Waals surface area contributed by atoms with Gasteiger partial charge in [0.15, 0.2) is 0 Å². The van der Waals surface area contributed by atoms with E-state index in [1.54, 1.807) is 4.31 Å². The quantitative estimate of drug-likeness (QED) is 0.775. The van der Waals surface area contributed by atoms with Crippen LogP contribution in [0.3, 0.4) is 0 Å². The van der Waals surface area contributed by atoms with Gasteiger partial charge in [-0.25, -0.2) is 4.72 Å². The van der Waals surface area contributed by atoms with Crippen LogP contribution in [-0.4, -0.2) is 37.9 Å². The van der Waals surface area contributed by atoms with Gasteiger partial charge in [-0.1, -0.05) is 27.7 Å². The molecule has 0 unspecified atom stereocenters. The van der Waals surface area contributed by atoms with E-state index in [1.807, 2.05) is 13.8 Å². The number of piperidine rings is 1. The first-order valence-corrected chi connectivity index (χ1v) is 8.70. The molecule has 0 amide bonds. The standard InChI is InChI=1S/C13H29N3O2S/c1-5-13(14,6-2)10-15-19(17,18)16-8-11(3)7-12(4)9-16/h11-12,15H,5-10,14H2,1-4H3/t11-,12-/m0/s1. The van der Waals surface area contributed by atoms with Crippen LogP contribution in [0.2, 0.25) is 0 Å². The molecule has 1 heterocycles. The number of rotatable bonds is 6. The van der Waals surface area contributed by atoms with Crippen LogP contribution in [0.1, 0.15) is 47.0 Å². The molecule has 1 rings (SSSR count). The Hall–Kier alpha value is -0.170. The predicted octanol–water partition coefficient (Wildman–Crippen LogP) is 1.32. The molecule has 3 N–H and O–H groups in total. The molecule has 1 saturated heterocycles. The van der Waals surface area contributed by atoms with Crippen molar-refractivity contribution >= 4 is 10.2 Å². The van der Waals surface area contributed by atoms with Crippen LogP contribution < -0.4 is 10.5 Å². The number of hydrogen-bond acceptors (Lipinski definition) is 3. The van der Waals surface area contributed by atoms with Gasteiger partial charge < -0.3 is 5.73 Å². The molecule has 1 aliphatic rings. The van der Waals surface area contributed by atoms with Crippen molar-refractivity contribution in [1.82, 2.24) is 9.03 Å². The minimum Gasteiger partial charge on any atom is -0.324 e. The fourth-order valence-electron chi connectivity index (χ4n) is 2.63. The van der Waals surface area contributed by atoms with Gasteiger partial charge in [-0.2, -0.15) is 12.7 Å². The molecule has 1 fully saturated rings. The van der Waals surface area contributed by atoms with Crippen molar-refractivity contribution in [3.8, 4) is 0 Å². The summed E-state index contributed by atoms with van der Waals surface area (Å²) >= 11 is 0. The summed E-state index contributed by atoms with van der Waals surface area (Å²) in [6.45, 7) is 9.70. The van der Waals surface area contributed by atoms with E-state index in [4.69, 9.17) is 5.73 Å². The number of nitrogens with zero attached hydrogens (tertiary/aromatic N) is 1. The van der Waals surface area contributed by atoms with Crippen LogP contribution in [0.5, 0.6) is 0 Å². The van der Waals surface area contributed by atoms with E-state index in [9.17, 15) is 8.42 Å². The predicted molar refractivity (Wildman–Crippen MR) is 78.9 cm³/mol. The Bertz CT molecular complexity index is 369. The maximum Gasteiger partial charge on any atom is 0.279 e. The first kappa shape index (κ1) is 16.9. The summed E-state index contributed by atoms with van der Waals surface area (Å²) < 4.78 is 28.9. The van der Waals surface area contributed by atoms with Crippen molar-refractivity contribution in [2.24, 2.45) is 17.6 Å². The lowest BCUT2D eigenvalue weighted by atomic mass is 9.94. The second-order valence-electron chi connectivity index (χ2n) is 6.16. The third-order valence-corrected chi connectivity index (χ3v) is 5.68. The zero-order valence-electron chi connectivity index (χ0n) is 12.6. The van der Waals surface area contributed by atoms with E-state index in [0.29, 0.717) is 31.5 Å². The van der Waals surface area contributed by atoms with Crippen LogP contribution in [0.15, 0.2) is 0 Å². The van der Waals surface area contributed by atoms with Gasteiger partial charge in [0, 0.05) is 25.2 Å². The average molecular weight is 291 g/mol. The lowest BCUT2D eigenvalue weighted by Gasteiger charge is -2.35. The Morgan fingerprint density at radius 3 is 2.11 bits per heavy atom. The maximum atomic E-state index is 12.3. The molecular formula is C13H29N3O2S. The summed E-state index contributed by atoms with van der Waals surface area (Å²) in [5.41, 5.74) is 5.70. The second-order valence-corrected chi connectivity index (χ2v) is 7.91. The first-order valence-electron chi connectivity index (χ1n) is 7.26. The van der Waals surface area contributed by atoms with Crippen LogP contribution in [0.4, 0.5) is 0 Å². The minimum absolute atomic E-state index is 0.307. The highest BCUT2D eigenvalue weighted by Gasteiger charge is 2.32. The molecule has 5 nitrogen and oxygen atoms in total. The minimum atomic E-state index is -3.40. The summed E-state index contributed by atoms with van der Waals surface area (Å²) in [4.78, 5) is 0. The van der Waals surface area contributed by atoms with Gasteiger partial charge >= 0.3 is 0 Å². The number of hydrogen-bond donors (Lipinski definition) is 2. The van der Waals surface area contributed by atoms with E-state index >= 15 is 0 Å². The summed E-state index contributed by atoms with van der Waals surface area (Å²) in [5, 5.41) is 0. The fraction of sp³-hybridized carbons (Fsp3) is 1.00. The molecule has 114 valence electrons. The molecule has 0 saturated carbocycles. The monoisotopic (exact) mass is 291 g/mol. The third kappa shape index (κ3) is 4.70. The van der Waals surface area contributed by atoms with Gasteiger partial charge in [0.05, 0.1) is 0 Å². The van der Waals surface area contributed by atoms with Crippen molar-refractivity contribution in [2.75, 3.05) is 19.6 Å². The van der Waals surface area contributed by atoms with E-state index in [2.05, 4.69) is 18.6 Å². The summed E-state index contributed by atoms with van der Waals surface area (Å²) in [6, 6.07) is 0. The topological polar surface area (TPSA) is 75.4 Å². The van der Waals surface area contributed by atoms with E-state index in [0.717, 1.165) is 19.3 Å². The Balaban J connectivity index is 2.65. The maximum absolute atomic E-state index is 12.3. The van der Waals surface area contributed by atoms with Crippen molar-refractivity contribution in [1.29, 1.82) is 0 Å². The lowest BCUT2D eigenvalue weighted by Crippen LogP contribution is -2.54. The molecule has 2 atom stereocenters. The average Bonchev–Trinajstić information content (AvgIpc) is 2.35. The highest BCUT2D eigenvalue weighted by molar-refractivity contribution is 7.87. The molecule has 0 radical (unpaired) electrons. The highest BCUT2D eigenvalue weighted by Crippen LogP contribution is 2.22. The Morgan fingerprint density at radius 2 is 1.68 bits per heavy atom. The fourth-order valence-corrected chi connectivity index (χ4v) is 4.18. The zero-order valence-corrected chi connectivity index (χ0v) is 13.5. The molecule has 19 heavy (non-hydrogen) atoms. The van der Waals surface area contributed by atoms with Crippen LogP contribution in [-0.2, 0) is 10.2 Å². The smallest absolute Gasteiger partial charge is 0.279 e. The molecule has 0 bridgehead atoms. The zero-order chi connectivity index (χ0) is 14.7. The van der Waals surface area contributed by atoms with Gasteiger partial charge in [0.2, 0.25) is 0 Å². The van der Waals surface area contributed by atoms with Crippen LogP contribution in [0, 0.1) is 11.8 Å². The van der Waals surface area contributed by atoms with Crippen LogP contribution in [0.25, 0.3) is 0 Å². The second kappa shape index (κ2) is 6.52. The third-order valence-electron chi connectivity index (χ3n) is 4.19. The van der Waals surface area contributed by atoms with Gasteiger partial charge in [0.25, 0.3) is 10.2 Å². The largest absolute Gasteiger partial charge is 0.324 e. The molecule has 0 aliphatic carbocycles. The number of nitrogens with two attached hydrogens (primary N) is 1. The van der Waals surface area contributed by atoms with Crippen molar-refractivity contribution < 1.29 is 8.42 Å². The van der Waals surface area contributed by atoms with E-state index in [-0.39, 0.29) is 0 Å². The molecule has 1 aliphatic heterocycles. The normalized spacial score (nSPS) is 26.6. The Labute approximate surface area is 118 Å². The van der Waals surface area contributed by atoms with Crippen LogP contribution >= 0.6 is 0 Å². The van der Waals surface area contributed by atoms with Gasteiger partial charge in [0.1, 0.15) is 0 Å². The SMILES string of the molecule is CCC(N)(CC)CNS(=O)(=O)N1C[C@@H](C)C[C@H](C)C1. The molecule has 0 aromatic carbocycles. The van der Waals surface area contributed by atoms with Gasteiger partial charge in [-0.15, -0.1) is 0 Å². The van der Waals surface area contributed by atoms with Crippen molar-refractivity contribution in [3.63, 3.8) is 0 Å². The molecule has 0 aromatic rings.